The highest BCUT2D eigenvalue weighted by Gasteiger charge is 2.25. The molecule has 0 aliphatic carbocycles. The molecule has 0 amide bonds. The molecule has 2 N–H and O–H groups in total. The molecule has 0 radical (unpaired) electrons. The summed E-state index contributed by atoms with van der Waals surface area (Å²) in [4.78, 5) is 6.59. The molecule has 1 unspecified atom stereocenters. The number of halogens is 1. The van der Waals surface area contributed by atoms with Crippen molar-refractivity contribution in [2.75, 3.05) is 32.5 Å². The zero-order chi connectivity index (χ0) is 14.1. The number of anilines is 1. The van der Waals surface area contributed by atoms with Gasteiger partial charge in [0, 0.05) is 23.2 Å². The maximum absolute atomic E-state index is 5.94. The largest absolute Gasteiger partial charge is 0.398 e. The van der Waals surface area contributed by atoms with Crippen LogP contribution in [-0.2, 0) is 4.74 Å². The van der Waals surface area contributed by atoms with Gasteiger partial charge in [-0.05, 0) is 25.2 Å². The van der Waals surface area contributed by atoms with Gasteiger partial charge in [0.1, 0.15) is 6.10 Å². The fraction of sp³-hybridized carbons (Fsp3) is 0.385. The van der Waals surface area contributed by atoms with E-state index in [0.29, 0.717) is 24.0 Å². The molecule has 1 aliphatic rings. The number of nitrogens with two attached hydrogens (primary N) is 1. The van der Waals surface area contributed by atoms with Gasteiger partial charge >= 0.3 is 0 Å². The van der Waals surface area contributed by atoms with E-state index in [-0.39, 0.29) is 6.10 Å². The monoisotopic (exact) mass is 338 g/mol. The first-order valence-electron chi connectivity index (χ1n) is 6.32. The highest BCUT2D eigenvalue weighted by atomic mass is 79.9. The van der Waals surface area contributed by atoms with Crippen molar-refractivity contribution >= 4 is 21.6 Å². The van der Waals surface area contributed by atoms with E-state index >= 15 is 0 Å². The van der Waals surface area contributed by atoms with E-state index < -0.39 is 0 Å². The van der Waals surface area contributed by atoms with Crippen LogP contribution in [0.25, 0.3) is 11.5 Å². The molecule has 1 saturated heterocycles. The van der Waals surface area contributed by atoms with Crippen LogP contribution >= 0.6 is 15.9 Å². The molecule has 0 spiro atoms. The SMILES string of the molecule is CN1CCOC(c2noc(-c3cc(Br)ccc3N)n2)C1. The van der Waals surface area contributed by atoms with Crippen molar-refractivity contribution in [3.63, 3.8) is 0 Å². The average molecular weight is 339 g/mol. The lowest BCUT2D eigenvalue weighted by Crippen LogP contribution is -2.35. The summed E-state index contributed by atoms with van der Waals surface area (Å²) in [7, 11) is 2.04. The van der Waals surface area contributed by atoms with Crippen LogP contribution in [0.4, 0.5) is 5.69 Å². The topological polar surface area (TPSA) is 77.4 Å². The van der Waals surface area contributed by atoms with E-state index in [1.54, 1.807) is 6.07 Å². The molecule has 1 aliphatic heterocycles. The number of rotatable bonds is 2. The molecule has 2 heterocycles. The minimum absolute atomic E-state index is 0.153. The number of aromatic nitrogens is 2. The van der Waals surface area contributed by atoms with E-state index in [0.717, 1.165) is 23.1 Å². The molecule has 1 aromatic heterocycles. The second kappa shape index (κ2) is 5.51. The van der Waals surface area contributed by atoms with Crippen LogP contribution in [0.15, 0.2) is 27.2 Å². The van der Waals surface area contributed by atoms with E-state index in [1.165, 1.54) is 0 Å². The molecule has 1 atom stereocenters. The number of nitrogen functional groups attached to an aromatic ring is 1. The molecule has 3 rings (SSSR count). The number of likely N-dealkylation sites (N-methyl/N-ethyl adjacent to an activating group) is 1. The van der Waals surface area contributed by atoms with Gasteiger partial charge in [-0.1, -0.05) is 21.1 Å². The smallest absolute Gasteiger partial charge is 0.260 e. The number of hydrogen-bond acceptors (Lipinski definition) is 6. The maximum atomic E-state index is 5.94. The molecule has 106 valence electrons. The lowest BCUT2D eigenvalue weighted by molar-refractivity contribution is -0.0264. The van der Waals surface area contributed by atoms with Crippen molar-refractivity contribution in [2.24, 2.45) is 0 Å². The Balaban J connectivity index is 1.88. The van der Waals surface area contributed by atoms with E-state index in [4.69, 9.17) is 15.0 Å². The van der Waals surface area contributed by atoms with E-state index in [1.807, 2.05) is 19.2 Å². The molecule has 7 heteroatoms. The zero-order valence-corrected chi connectivity index (χ0v) is 12.6. The van der Waals surface area contributed by atoms with Crippen molar-refractivity contribution in [2.45, 2.75) is 6.10 Å². The highest BCUT2D eigenvalue weighted by molar-refractivity contribution is 9.10. The zero-order valence-electron chi connectivity index (χ0n) is 11.0. The number of ether oxygens (including phenoxy) is 1. The third kappa shape index (κ3) is 2.70. The fourth-order valence-corrected chi connectivity index (χ4v) is 2.48. The Kier molecular flexibility index (Phi) is 3.73. The normalized spacial score (nSPS) is 20.2. The van der Waals surface area contributed by atoms with Crippen LogP contribution < -0.4 is 5.73 Å². The van der Waals surface area contributed by atoms with Gasteiger partial charge in [0.05, 0.1) is 12.2 Å². The van der Waals surface area contributed by atoms with Crippen molar-refractivity contribution in [3.05, 3.63) is 28.5 Å². The quantitative estimate of drug-likeness (QED) is 0.844. The summed E-state index contributed by atoms with van der Waals surface area (Å²) in [6.07, 6.45) is -0.153. The minimum atomic E-state index is -0.153. The average Bonchev–Trinajstić information content (AvgIpc) is 2.91. The number of hydrogen-bond donors (Lipinski definition) is 1. The molecular formula is C13H15BrN4O2. The van der Waals surface area contributed by atoms with E-state index in [9.17, 15) is 0 Å². The summed E-state index contributed by atoms with van der Waals surface area (Å²) in [6.45, 7) is 2.34. The molecular weight excluding hydrogens is 324 g/mol. The Morgan fingerprint density at radius 2 is 2.30 bits per heavy atom. The standard InChI is InChI=1S/C13H15BrN4O2/c1-18-4-5-19-11(7-18)12-16-13(20-17-12)9-6-8(14)2-3-10(9)15/h2-3,6,11H,4-5,7,15H2,1H3. The molecule has 20 heavy (non-hydrogen) atoms. The van der Waals surface area contributed by atoms with Gasteiger partial charge in [-0.3, -0.25) is 0 Å². The van der Waals surface area contributed by atoms with Crippen LogP contribution in [0.3, 0.4) is 0 Å². The van der Waals surface area contributed by atoms with Crippen molar-refractivity contribution < 1.29 is 9.26 Å². The van der Waals surface area contributed by atoms with Crippen molar-refractivity contribution in [3.8, 4) is 11.5 Å². The lowest BCUT2D eigenvalue weighted by Gasteiger charge is -2.27. The molecule has 6 nitrogen and oxygen atoms in total. The van der Waals surface area contributed by atoms with Crippen LogP contribution in [0.2, 0.25) is 0 Å². The Morgan fingerprint density at radius 1 is 1.45 bits per heavy atom. The molecule has 1 aromatic carbocycles. The predicted molar refractivity (Wildman–Crippen MR) is 78.0 cm³/mol. The van der Waals surface area contributed by atoms with Gasteiger partial charge in [0.15, 0.2) is 0 Å². The number of morpholine rings is 1. The minimum Gasteiger partial charge on any atom is -0.398 e. The Bertz CT molecular complexity index is 616. The maximum Gasteiger partial charge on any atom is 0.260 e. The van der Waals surface area contributed by atoms with Gasteiger partial charge in [-0.25, -0.2) is 0 Å². The fourth-order valence-electron chi connectivity index (χ4n) is 2.12. The molecule has 0 bridgehead atoms. The van der Waals surface area contributed by atoms with Crippen molar-refractivity contribution in [1.82, 2.24) is 15.0 Å². The third-order valence-corrected chi connectivity index (χ3v) is 3.74. The third-order valence-electron chi connectivity index (χ3n) is 3.25. The second-order valence-electron chi connectivity index (χ2n) is 4.81. The van der Waals surface area contributed by atoms with Gasteiger partial charge in [0.2, 0.25) is 5.82 Å². The van der Waals surface area contributed by atoms with Crippen molar-refractivity contribution in [1.29, 1.82) is 0 Å². The Labute approximate surface area is 125 Å². The number of nitrogens with zero attached hydrogens (tertiary/aromatic N) is 3. The first-order chi connectivity index (χ1) is 9.63. The Morgan fingerprint density at radius 3 is 3.10 bits per heavy atom. The number of benzene rings is 1. The Hall–Kier alpha value is -1.44. The summed E-state index contributed by atoms with van der Waals surface area (Å²) in [6, 6.07) is 5.53. The van der Waals surface area contributed by atoms with E-state index in [2.05, 4.69) is 31.0 Å². The lowest BCUT2D eigenvalue weighted by atomic mass is 10.2. The van der Waals surface area contributed by atoms with Gasteiger partial charge in [-0.15, -0.1) is 0 Å². The van der Waals surface area contributed by atoms with Crippen LogP contribution in [-0.4, -0.2) is 41.8 Å². The van der Waals surface area contributed by atoms with Crippen LogP contribution in [0.5, 0.6) is 0 Å². The molecule has 0 saturated carbocycles. The molecule has 2 aromatic rings. The molecule has 1 fully saturated rings. The van der Waals surface area contributed by atoms with Gasteiger partial charge in [0.25, 0.3) is 5.89 Å². The van der Waals surface area contributed by atoms with Crippen LogP contribution in [0, 0.1) is 0 Å². The predicted octanol–water partition coefficient (Wildman–Crippen LogP) is 2.08. The summed E-state index contributed by atoms with van der Waals surface area (Å²) in [5, 5.41) is 4.01. The van der Waals surface area contributed by atoms with Gasteiger partial charge in [-0.2, -0.15) is 4.98 Å². The second-order valence-corrected chi connectivity index (χ2v) is 5.73. The summed E-state index contributed by atoms with van der Waals surface area (Å²) in [5.74, 6) is 0.974. The highest BCUT2D eigenvalue weighted by Crippen LogP contribution is 2.29. The van der Waals surface area contributed by atoms with Gasteiger partial charge < -0.3 is 19.9 Å². The van der Waals surface area contributed by atoms with Crippen LogP contribution in [0.1, 0.15) is 11.9 Å². The summed E-state index contributed by atoms with van der Waals surface area (Å²) in [5.41, 5.74) is 7.27. The summed E-state index contributed by atoms with van der Waals surface area (Å²) >= 11 is 3.41. The summed E-state index contributed by atoms with van der Waals surface area (Å²) < 4.78 is 11.9. The first-order valence-corrected chi connectivity index (χ1v) is 7.12. The first kappa shape index (κ1) is 13.5.